The van der Waals surface area contributed by atoms with Gasteiger partial charge in [0.15, 0.2) is 5.69 Å². The van der Waals surface area contributed by atoms with Crippen molar-refractivity contribution in [1.82, 2.24) is 20.0 Å². The number of anilines is 1. The van der Waals surface area contributed by atoms with E-state index in [0.717, 1.165) is 5.69 Å². The minimum Gasteiger partial charge on any atom is -0.337 e. The number of amides is 3. The molecule has 1 aliphatic rings. The molecule has 0 spiro atoms. The molecule has 0 unspecified atom stereocenters. The lowest BCUT2D eigenvalue weighted by Gasteiger charge is -2.32. The van der Waals surface area contributed by atoms with Gasteiger partial charge in [-0.15, -0.1) is 0 Å². The molecule has 176 valence electrons. The van der Waals surface area contributed by atoms with Gasteiger partial charge in [-0.1, -0.05) is 54.6 Å². The van der Waals surface area contributed by atoms with Crippen molar-refractivity contribution in [3.8, 4) is 5.69 Å². The van der Waals surface area contributed by atoms with Crippen molar-refractivity contribution < 1.29 is 9.59 Å². The summed E-state index contributed by atoms with van der Waals surface area (Å²) in [6.45, 7) is 0.963. The van der Waals surface area contributed by atoms with Crippen LogP contribution in [0.1, 0.15) is 23.3 Å². The summed E-state index contributed by atoms with van der Waals surface area (Å²) in [5, 5.41) is 11.3. The van der Waals surface area contributed by atoms with E-state index in [1.54, 1.807) is 41.3 Å². The number of carbonyl (C=O) groups is 2. The molecule has 0 bridgehead atoms. The molecule has 0 atom stereocenters. The van der Waals surface area contributed by atoms with Gasteiger partial charge in [-0.2, -0.15) is 9.78 Å². The van der Waals surface area contributed by atoms with Crippen molar-refractivity contribution in [2.75, 3.05) is 18.4 Å². The number of urea groups is 1. The third-order valence-corrected chi connectivity index (χ3v) is 6.16. The lowest BCUT2D eigenvalue weighted by Crippen LogP contribution is -2.48. The van der Waals surface area contributed by atoms with Crippen molar-refractivity contribution in [3.05, 3.63) is 101 Å². The van der Waals surface area contributed by atoms with Crippen LogP contribution in [0.3, 0.4) is 0 Å². The number of para-hydroxylation sites is 2. The fourth-order valence-corrected chi connectivity index (χ4v) is 4.34. The van der Waals surface area contributed by atoms with Crippen LogP contribution in [-0.2, 0) is 0 Å². The van der Waals surface area contributed by atoms with E-state index in [0.29, 0.717) is 42.4 Å². The topological polar surface area (TPSA) is 96.3 Å². The molecule has 3 aromatic carbocycles. The number of hydrogen-bond donors (Lipinski definition) is 2. The van der Waals surface area contributed by atoms with Crippen molar-refractivity contribution in [1.29, 1.82) is 0 Å². The molecule has 0 aliphatic carbocycles. The lowest BCUT2D eigenvalue weighted by molar-refractivity contribution is 0.0703. The summed E-state index contributed by atoms with van der Waals surface area (Å²) >= 11 is 0. The maximum absolute atomic E-state index is 13.5. The van der Waals surface area contributed by atoms with Crippen molar-refractivity contribution in [2.24, 2.45) is 0 Å². The highest BCUT2D eigenvalue weighted by molar-refractivity contribution is 6.05. The molecular formula is C27H25N5O3. The highest BCUT2D eigenvalue weighted by Crippen LogP contribution is 2.20. The molecule has 35 heavy (non-hydrogen) atoms. The third-order valence-electron chi connectivity index (χ3n) is 6.16. The number of benzene rings is 3. The zero-order valence-electron chi connectivity index (χ0n) is 19.1. The van der Waals surface area contributed by atoms with Gasteiger partial charge < -0.3 is 15.5 Å². The summed E-state index contributed by atoms with van der Waals surface area (Å²) in [6, 6.07) is 25.1. The second-order valence-corrected chi connectivity index (χ2v) is 8.48. The highest BCUT2D eigenvalue weighted by atomic mass is 16.2. The predicted molar refractivity (Wildman–Crippen MR) is 135 cm³/mol. The summed E-state index contributed by atoms with van der Waals surface area (Å²) in [5.41, 5.74) is 1.31. The zero-order chi connectivity index (χ0) is 24.2. The van der Waals surface area contributed by atoms with Gasteiger partial charge in [0.25, 0.3) is 11.5 Å². The molecule has 1 fully saturated rings. The van der Waals surface area contributed by atoms with E-state index in [-0.39, 0.29) is 29.2 Å². The quantitative estimate of drug-likeness (QED) is 0.477. The second-order valence-electron chi connectivity index (χ2n) is 8.48. The number of aromatic nitrogens is 2. The van der Waals surface area contributed by atoms with E-state index in [2.05, 4.69) is 15.7 Å². The highest BCUT2D eigenvalue weighted by Gasteiger charge is 2.27. The number of nitrogens with one attached hydrogen (secondary N) is 2. The number of fused-ring (bicyclic) bond motifs is 1. The van der Waals surface area contributed by atoms with Gasteiger partial charge >= 0.3 is 6.03 Å². The molecular weight excluding hydrogens is 442 g/mol. The first-order chi connectivity index (χ1) is 17.1. The Hall–Kier alpha value is -4.46. The normalized spacial score (nSPS) is 14.0. The number of hydrogen-bond acceptors (Lipinski definition) is 4. The van der Waals surface area contributed by atoms with Crippen LogP contribution in [0.4, 0.5) is 10.5 Å². The predicted octanol–water partition coefficient (Wildman–Crippen LogP) is 3.81. The molecule has 2 N–H and O–H groups in total. The molecule has 8 heteroatoms. The van der Waals surface area contributed by atoms with Crippen LogP contribution in [0.15, 0.2) is 89.7 Å². The summed E-state index contributed by atoms with van der Waals surface area (Å²) in [6.07, 6.45) is 1.26. The Bertz CT molecular complexity index is 1410. The van der Waals surface area contributed by atoms with Gasteiger partial charge in [0.2, 0.25) is 0 Å². The minimum atomic E-state index is -0.268. The van der Waals surface area contributed by atoms with Crippen molar-refractivity contribution >= 4 is 28.4 Å². The Morgan fingerprint density at radius 3 is 2.09 bits per heavy atom. The molecule has 4 aromatic rings. The monoisotopic (exact) mass is 467 g/mol. The first kappa shape index (κ1) is 22.3. The zero-order valence-corrected chi connectivity index (χ0v) is 19.1. The van der Waals surface area contributed by atoms with Crippen LogP contribution in [0.2, 0.25) is 0 Å². The van der Waals surface area contributed by atoms with E-state index in [1.807, 2.05) is 48.5 Å². The number of piperidine rings is 1. The lowest BCUT2D eigenvalue weighted by atomic mass is 10.0. The molecule has 0 saturated carbocycles. The second kappa shape index (κ2) is 9.80. The molecule has 8 nitrogen and oxygen atoms in total. The Kier molecular flexibility index (Phi) is 6.26. The smallest absolute Gasteiger partial charge is 0.319 e. The number of carbonyl (C=O) groups excluding carboxylic acids is 2. The summed E-state index contributed by atoms with van der Waals surface area (Å²) in [5.74, 6) is -0.224. The number of nitrogens with zero attached hydrogens (tertiary/aromatic N) is 3. The molecule has 5 rings (SSSR count). The maximum Gasteiger partial charge on any atom is 0.319 e. The van der Waals surface area contributed by atoms with Crippen molar-refractivity contribution in [3.63, 3.8) is 0 Å². The Morgan fingerprint density at radius 1 is 0.800 bits per heavy atom. The van der Waals surface area contributed by atoms with Gasteiger partial charge in [0.05, 0.1) is 11.1 Å². The van der Waals surface area contributed by atoms with Gasteiger partial charge in [-0.25, -0.2) is 4.79 Å². The van der Waals surface area contributed by atoms with Crippen LogP contribution in [0.5, 0.6) is 0 Å². The van der Waals surface area contributed by atoms with E-state index in [1.165, 1.54) is 4.68 Å². The molecule has 1 aromatic heterocycles. The van der Waals surface area contributed by atoms with Crippen LogP contribution < -0.4 is 16.2 Å². The van der Waals surface area contributed by atoms with Crippen LogP contribution in [-0.4, -0.2) is 45.8 Å². The average Bonchev–Trinajstić information content (AvgIpc) is 2.90. The standard InChI is InChI=1S/C27H25N5O3/c33-25-23-14-8-7-13-22(23)24(30-32(25)21-11-5-2-6-12-21)26(34)31-17-15-20(16-18-31)29-27(35)28-19-9-3-1-4-10-19/h1-14,20H,15-18H2,(H2,28,29,35). The first-order valence-electron chi connectivity index (χ1n) is 11.6. The maximum atomic E-state index is 13.5. The Labute approximate surface area is 202 Å². The van der Waals surface area contributed by atoms with Gasteiger partial charge in [0, 0.05) is 30.2 Å². The van der Waals surface area contributed by atoms with E-state index >= 15 is 0 Å². The van der Waals surface area contributed by atoms with Gasteiger partial charge in [-0.3, -0.25) is 9.59 Å². The average molecular weight is 468 g/mol. The molecule has 1 aliphatic heterocycles. The van der Waals surface area contributed by atoms with Crippen molar-refractivity contribution in [2.45, 2.75) is 18.9 Å². The van der Waals surface area contributed by atoms with Gasteiger partial charge in [0.1, 0.15) is 0 Å². The van der Waals surface area contributed by atoms with Crippen LogP contribution in [0.25, 0.3) is 16.5 Å². The van der Waals surface area contributed by atoms with Crippen LogP contribution >= 0.6 is 0 Å². The van der Waals surface area contributed by atoms with E-state index in [4.69, 9.17) is 0 Å². The summed E-state index contributed by atoms with van der Waals surface area (Å²) in [7, 11) is 0. The van der Waals surface area contributed by atoms with Gasteiger partial charge in [-0.05, 0) is 43.2 Å². The first-order valence-corrected chi connectivity index (χ1v) is 11.6. The third kappa shape index (κ3) is 4.77. The summed E-state index contributed by atoms with van der Waals surface area (Å²) < 4.78 is 1.29. The molecule has 2 heterocycles. The molecule has 0 radical (unpaired) electrons. The molecule has 1 saturated heterocycles. The summed E-state index contributed by atoms with van der Waals surface area (Å²) in [4.78, 5) is 40.7. The molecule has 3 amide bonds. The fourth-order valence-electron chi connectivity index (χ4n) is 4.34. The SMILES string of the molecule is O=C(Nc1ccccc1)NC1CCN(C(=O)c2nn(-c3ccccc3)c(=O)c3ccccc23)CC1. The number of rotatable bonds is 4. The Morgan fingerprint density at radius 2 is 1.40 bits per heavy atom. The number of likely N-dealkylation sites (tertiary alicyclic amines) is 1. The van der Waals surface area contributed by atoms with E-state index < -0.39 is 0 Å². The Balaban J connectivity index is 1.32. The largest absolute Gasteiger partial charge is 0.337 e. The van der Waals surface area contributed by atoms with Crippen LogP contribution in [0, 0.1) is 0 Å². The minimum absolute atomic E-state index is 0.0364. The van der Waals surface area contributed by atoms with E-state index in [9.17, 15) is 14.4 Å². The fraction of sp³-hybridized carbons (Fsp3) is 0.185.